The average Bonchev–Trinajstić information content (AvgIpc) is 2.28. The molecule has 2 N–H and O–H groups in total. The predicted molar refractivity (Wildman–Crippen MR) is 61.4 cm³/mol. The Hall–Kier alpha value is -1.14. The monoisotopic (exact) mass is 241 g/mol. The van der Waals surface area contributed by atoms with Crippen LogP contribution in [-0.2, 0) is 14.3 Å². The highest BCUT2D eigenvalue weighted by atomic mass is 16.5. The van der Waals surface area contributed by atoms with Crippen LogP contribution in [0.25, 0.3) is 0 Å². The standard InChI is InChI=1S/C11H19N3O3/c1-7-5-14(6-8(2)17-7)11(16)9-3-13-10(15)4-12-9/h7-9,12H,3-6H2,1-2H3,(H,13,15). The molecular weight excluding hydrogens is 222 g/mol. The van der Waals surface area contributed by atoms with Crippen LogP contribution < -0.4 is 10.6 Å². The van der Waals surface area contributed by atoms with Gasteiger partial charge in [0, 0.05) is 19.6 Å². The van der Waals surface area contributed by atoms with Crippen molar-refractivity contribution in [2.45, 2.75) is 32.1 Å². The molecule has 3 unspecified atom stereocenters. The summed E-state index contributed by atoms with van der Waals surface area (Å²) in [6.45, 7) is 5.76. The second kappa shape index (κ2) is 5.01. The third-order valence-electron chi connectivity index (χ3n) is 3.04. The highest BCUT2D eigenvalue weighted by molar-refractivity contribution is 5.86. The van der Waals surface area contributed by atoms with Crippen molar-refractivity contribution in [2.24, 2.45) is 0 Å². The highest BCUT2D eigenvalue weighted by Crippen LogP contribution is 2.12. The van der Waals surface area contributed by atoms with Crippen LogP contribution in [0.3, 0.4) is 0 Å². The van der Waals surface area contributed by atoms with E-state index in [1.165, 1.54) is 0 Å². The smallest absolute Gasteiger partial charge is 0.241 e. The second-order valence-electron chi connectivity index (χ2n) is 4.74. The maximum atomic E-state index is 12.2. The predicted octanol–water partition coefficient (Wildman–Crippen LogP) is -1.29. The molecule has 6 heteroatoms. The van der Waals surface area contributed by atoms with Gasteiger partial charge in [0.1, 0.15) is 6.04 Å². The summed E-state index contributed by atoms with van der Waals surface area (Å²) in [5.41, 5.74) is 0. The molecule has 2 rings (SSSR count). The fourth-order valence-electron chi connectivity index (χ4n) is 2.32. The Morgan fingerprint density at radius 2 is 2.00 bits per heavy atom. The number of nitrogens with zero attached hydrogens (tertiary/aromatic N) is 1. The summed E-state index contributed by atoms with van der Waals surface area (Å²) in [6.07, 6.45) is 0.141. The molecule has 0 aliphatic carbocycles. The molecule has 2 amide bonds. The van der Waals surface area contributed by atoms with Crippen LogP contribution in [0.5, 0.6) is 0 Å². The summed E-state index contributed by atoms with van der Waals surface area (Å²) in [5, 5.41) is 5.65. The number of hydrogen-bond acceptors (Lipinski definition) is 4. The molecule has 2 aliphatic rings. The van der Waals surface area contributed by atoms with Crippen LogP contribution in [0.4, 0.5) is 0 Å². The molecule has 0 saturated carbocycles. The fourth-order valence-corrected chi connectivity index (χ4v) is 2.32. The van der Waals surface area contributed by atoms with E-state index in [1.54, 1.807) is 0 Å². The van der Waals surface area contributed by atoms with Gasteiger partial charge in [-0.1, -0.05) is 0 Å². The van der Waals surface area contributed by atoms with Crippen molar-refractivity contribution < 1.29 is 14.3 Å². The summed E-state index contributed by atoms with van der Waals surface area (Å²) in [4.78, 5) is 25.0. The van der Waals surface area contributed by atoms with E-state index in [4.69, 9.17) is 4.74 Å². The largest absolute Gasteiger partial charge is 0.372 e. The summed E-state index contributed by atoms with van der Waals surface area (Å²) < 4.78 is 5.59. The number of hydrogen-bond donors (Lipinski definition) is 2. The zero-order valence-electron chi connectivity index (χ0n) is 10.2. The molecule has 0 aromatic rings. The lowest BCUT2D eigenvalue weighted by Gasteiger charge is -2.38. The number of carbonyl (C=O) groups excluding carboxylic acids is 2. The van der Waals surface area contributed by atoms with E-state index in [0.717, 1.165) is 0 Å². The van der Waals surface area contributed by atoms with Crippen LogP contribution in [-0.4, -0.2) is 61.1 Å². The minimum atomic E-state index is -0.301. The van der Waals surface area contributed by atoms with E-state index in [2.05, 4.69) is 10.6 Å². The van der Waals surface area contributed by atoms with Gasteiger partial charge in [0.2, 0.25) is 11.8 Å². The normalized spacial score (nSPS) is 34.4. The number of morpholine rings is 1. The summed E-state index contributed by atoms with van der Waals surface area (Å²) in [5.74, 6) is -0.00948. The first-order valence-corrected chi connectivity index (χ1v) is 6.00. The number of piperazine rings is 1. The third kappa shape index (κ3) is 2.95. The zero-order chi connectivity index (χ0) is 12.4. The first kappa shape index (κ1) is 12.3. The second-order valence-corrected chi connectivity index (χ2v) is 4.74. The van der Waals surface area contributed by atoms with E-state index in [1.807, 2.05) is 18.7 Å². The molecule has 0 radical (unpaired) electrons. The molecule has 17 heavy (non-hydrogen) atoms. The van der Waals surface area contributed by atoms with Gasteiger partial charge in [-0.05, 0) is 13.8 Å². The molecule has 0 bridgehead atoms. The van der Waals surface area contributed by atoms with Gasteiger partial charge in [-0.15, -0.1) is 0 Å². The lowest BCUT2D eigenvalue weighted by molar-refractivity contribution is -0.146. The zero-order valence-corrected chi connectivity index (χ0v) is 10.2. The van der Waals surface area contributed by atoms with Gasteiger partial charge in [0.15, 0.2) is 0 Å². The van der Waals surface area contributed by atoms with E-state index < -0.39 is 0 Å². The lowest BCUT2D eigenvalue weighted by Crippen LogP contribution is -2.61. The van der Waals surface area contributed by atoms with Crippen LogP contribution >= 0.6 is 0 Å². The van der Waals surface area contributed by atoms with E-state index in [0.29, 0.717) is 19.6 Å². The molecule has 0 aromatic heterocycles. The Morgan fingerprint density at radius 1 is 1.35 bits per heavy atom. The van der Waals surface area contributed by atoms with Gasteiger partial charge in [-0.3, -0.25) is 14.9 Å². The van der Waals surface area contributed by atoms with Crippen LogP contribution in [0, 0.1) is 0 Å². The molecule has 3 atom stereocenters. The fraction of sp³-hybridized carbons (Fsp3) is 0.818. The van der Waals surface area contributed by atoms with Gasteiger partial charge in [0.05, 0.1) is 18.8 Å². The number of ether oxygens (including phenoxy) is 1. The van der Waals surface area contributed by atoms with Crippen molar-refractivity contribution in [1.82, 2.24) is 15.5 Å². The Balaban J connectivity index is 1.92. The Labute approximate surface area is 101 Å². The molecule has 96 valence electrons. The SMILES string of the molecule is CC1CN(C(=O)C2CNC(=O)CN2)CC(C)O1. The molecule has 6 nitrogen and oxygen atoms in total. The molecule has 0 spiro atoms. The first-order valence-electron chi connectivity index (χ1n) is 6.00. The highest BCUT2D eigenvalue weighted by Gasteiger charge is 2.32. The molecule has 2 saturated heterocycles. The van der Waals surface area contributed by atoms with Gasteiger partial charge in [-0.25, -0.2) is 0 Å². The first-order chi connectivity index (χ1) is 8.06. The van der Waals surface area contributed by atoms with E-state index in [9.17, 15) is 9.59 Å². The molecule has 2 aliphatic heterocycles. The van der Waals surface area contributed by atoms with Crippen molar-refractivity contribution in [3.63, 3.8) is 0 Å². The molecular formula is C11H19N3O3. The molecule has 2 fully saturated rings. The number of nitrogens with one attached hydrogen (secondary N) is 2. The van der Waals surface area contributed by atoms with Crippen molar-refractivity contribution in [1.29, 1.82) is 0 Å². The number of amides is 2. The quantitative estimate of drug-likeness (QED) is 0.599. The molecule has 2 heterocycles. The van der Waals surface area contributed by atoms with Crippen LogP contribution in [0.1, 0.15) is 13.8 Å². The van der Waals surface area contributed by atoms with E-state index >= 15 is 0 Å². The number of carbonyl (C=O) groups is 2. The third-order valence-corrected chi connectivity index (χ3v) is 3.04. The topological polar surface area (TPSA) is 70.7 Å². The number of rotatable bonds is 1. The average molecular weight is 241 g/mol. The Bertz CT molecular complexity index is 301. The van der Waals surface area contributed by atoms with Gasteiger partial charge >= 0.3 is 0 Å². The van der Waals surface area contributed by atoms with Crippen LogP contribution in [0.15, 0.2) is 0 Å². The van der Waals surface area contributed by atoms with Crippen molar-refractivity contribution in [2.75, 3.05) is 26.2 Å². The van der Waals surface area contributed by atoms with Crippen molar-refractivity contribution >= 4 is 11.8 Å². The van der Waals surface area contributed by atoms with Gasteiger partial charge in [-0.2, -0.15) is 0 Å². The Kier molecular flexibility index (Phi) is 3.63. The Morgan fingerprint density at radius 3 is 2.53 bits per heavy atom. The van der Waals surface area contributed by atoms with E-state index in [-0.39, 0.29) is 36.6 Å². The lowest BCUT2D eigenvalue weighted by atomic mass is 10.1. The van der Waals surface area contributed by atoms with Gasteiger partial charge < -0.3 is 15.0 Å². The minimum absolute atomic E-state index is 0.0481. The van der Waals surface area contributed by atoms with Gasteiger partial charge in [0.25, 0.3) is 0 Å². The summed E-state index contributed by atoms with van der Waals surface area (Å²) >= 11 is 0. The maximum Gasteiger partial charge on any atom is 0.241 e. The maximum absolute atomic E-state index is 12.2. The molecule has 0 aromatic carbocycles. The van der Waals surface area contributed by atoms with Crippen molar-refractivity contribution in [3.8, 4) is 0 Å². The summed E-state index contributed by atoms with van der Waals surface area (Å²) in [6, 6.07) is -0.301. The van der Waals surface area contributed by atoms with Crippen molar-refractivity contribution in [3.05, 3.63) is 0 Å². The van der Waals surface area contributed by atoms with Crippen LogP contribution in [0.2, 0.25) is 0 Å². The summed E-state index contributed by atoms with van der Waals surface area (Å²) in [7, 11) is 0. The minimum Gasteiger partial charge on any atom is -0.372 e.